The van der Waals surface area contributed by atoms with E-state index in [0.29, 0.717) is 29.9 Å². The Hall–Kier alpha value is -1.58. The van der Waals surface area contributed by atoms with Crippen LogP contribution < -0.4 is 0 Å². The van der Waals surface area contributed by atoms with Gasteiger partial charge in [-0.2, -0.15) is 0 Å². The molecule has 0 radical (unpaired) electrons. The van der Waals surface area contributed by atoms with Crippen LogP contribution >= 0.6 is 0 Å². The average molecular weight is 344 g/mol. The molecule has 0 aromatic carbocycles. The maximum Gasteiger partial charge on any atom is 0.335 e. The van der Waals surface area contributed by atoms with Crippen LogP contribution in [0.5, 0.6) is 0 Å². The Morgan fingerprint density at radius 2 is 1.72 bits per heavy atom. The molecule has 0 saturated heterocycles. The molecule has 5 aliphatic rings. The van der Waals surface area contributed by atoms with Gasteiger partial charge in [0.05, 0.1) is 5.92 Å². The van der Waals surface area contributed by atoms with Gasteiger partial charge in [-0.3, -0.25) is 4.79 Å². The van der Waals surface area contributed by atoms with Crippen molar-refractivity contribution < 1.29 is 19.1 Å². The molecule has 25 heavy (non-hydrogen) atoms. The van der Waals surface area contributed by atoms with Crippen LogP contribution in [0, 0.1) is 35.5 Å². The molecule has 136 valence electrons. The highest BCUT2D eigenvalue weighted by Crippen LogP contribution is 2.62. The molecule has 0 heterocycles. The summed E-state index contributed by atoms with van der Waals surface area (Å²) in [5, 5.41) is 0. The molecule has 0 aliphatic heterocycles. The summed E-state index contributed by atoms with van der Waals surface area (Å²) in [5.41, 5.74) is -0.286. The molecule has 5 rings (SSSR count). The Balaban J connectivity index is 1.48. The fraction of sp³-hybridized carbons (Fsp3) is 0.714. The fourth-order valence-corrected chi connectivity index (χ4v) is 6.20. The number of esters is 2. The molecule has 1 atom stereocenters. The minimum atomic E-state index is -0.474. The van der Waals surface area contributed by atoms with Crippen molar-refractivity contribution in [3.63, 3.8) is 0 Å². The molecule has 0 spiro atoms. The maximum absolute atomic E-state index is 12.8. The van der Waals surface area contributed by atoms with E-state index in [9.17, 15) is 9.59 Å². The lowest BCUT2D eigenvalue weighted by Gasteiger charge is -2.62. The molecule has 4 fully saturated rings. The van der Waals surface area contributed by atoms with Crippen molar-refractivity contribution in [2.45, 2.75) is 58.0 Å². The first kappa shape index (κ1) is 16.9. The lowest BCUT2D eigenvalue weighted by molar-refractivity contribution is -0.227. The molecule has 0 amide bonds. The smallest absolute Gasteiger partial charge is 0.335 e. The highest BCUT2D eigenvalue weighted by Gasteiger charge is 2.61. The minimum absolute atomic E-state index is 0.139. The van der Waals surface area contributed by atoms with E-state index in [4.69, 9.17) is 9.47 Å². The molecule has 4 nitrogen and oxygen atoms in total. The third kappa shape index (κ3) is 2.65. The van der Waals surface area contributed by atoms with Gasteiger partial charge in [0, 0.05) is 12.5 Å². The van der Waals surface area contributed by atoms with Gasteiger partial charge in [0.15, 0.2) is 0 Å². The van der Waals surface area contributed by atoms with E-state index < -0.39 is 5.97 Å². The Morgan fingerprint density at radius 1 is 1.16 bits per heavy atom. The molecule has 1 unspecified atom stereocenters. The third-order valence-electron chi connectivity index (χ3n) is 7.10. The van der Waals surface area contributed by atoms with Crippen molar-refractivity contribution in [1.82, 2.24) is 0 Å². The van der Waals surface area contributed by atoms with Gasteiger partial charge in [-0.15, -0.1) is 0 Å². The Kier molecular flexibility index (Phi) is 4.04. The quantitative estimate of drug-likeness (QED) is 0.558. The zero-order valence-corrected chi connectivity index (χ0v) is 15.2. The van der Waals surface area contributed by atoms with Crippen LogP contribution in [-0.4, -0.2) is 17.5 Å². The third-order valence-corrected chi connectivity index (χ3v) is 7.10. The topological polar surface area (TPSA) is 52.6 Å². The van der Waals surface area contributed by atoms with Gasteiger partial charge in [0.1, 0.15) is 11.4 Å². The van der Waals surface area contributed by atoms with Gasteiger partial charge >= 0.3 is 11.9 Å². The van der Waals surface area contributed by atoms with E-state index in [2.05, 4.69) is 20.4 Å². The molecular weight excluding hydrogens is 316 g/mol. The second-order valence-corrected chi connectivity index (χ2v) is 8.80. The zero-order valence-electron chi connectivity index (χ0n) is 15.2. The second-order valence-electron chi connectivity index (χ2n) is 8.80. The van der Waals surface area contributed by atoms with E-state index in [1.807, 2.05) is 0 Å². The Morgan fingerprint density at radius 3 is 2.20 bits per heavy atom. The molecule has 5 aliphatic carbocycles. The van der Waals surface area contributed by atoms with Crippen molar-refractivity contribution in [3.8, 4) is 0 Å². The number of rotatable bonds is 5. The maximum atomic E-state index is 12.8. The molecule has 0 aromatic heterocycles. The standard InChI is InChI=1S/C21H28O4/c1-4-19(22)24-18-10-15(11-18)20(23)25-21(12(2)3)16-6-13-5-14(8-16)9-17(21)7-13/h4,10,12-17H,1,5-9,11H2,2-3H3. The lowest BCUT2D eigenvalue weighted by Crippen LogP contribution is -2.62. The first-order valence-corrected chi connectivity index (χ1v) is 9.70. The summed E-state index contributed by atoms with van der Waals surface area (Å²) in [5.74, 6) is 2.75. The predicted molar refractivity (Wildman–Crippen MR) is 93.2 cm³/mol. The van der Waals surface area contributed by atoms with Crippen LogP contribution in [0.15, 0.2) is 24.5 Å². The Labute approximate surface area is 149 Å². The molecule has 4 bridgehead atoms. The first-order chi connectivity index (χ1) is 11.9. The van der Waals surface area contributed by atoms with Gasteiger partial charge < -0.3 is 9.47 Å². The monoisotopic (exact) mass is 344 g/mol. The van der Waals surface area contributed by atoms with Crippen LogP contribution in [0.25, 0.3) is 0 Å². The van der Waals surface area contributed by atoms with Crippen molar-refractivity contribution in [2.75, 3.05) is 0 Å². The number of carbonyl (C=O) groups is 2. The van der Waals surface area contributed by atoms with E-state index >= 15 is 0 Å². The summed E-state index contributed by atoms with van der Waals surface area (Å²) in [6.45, 7) is 7.80. The van der Waals surface area contributed by atoms with Crippen LogP contribution in [-0.2, 0) is 19.1 Å². The number of allylic oxidation sites excluding steroid dienone is 1. The molecule has 0 N–H and O–H groups in total. The van der Waals surface area contributed by atoms with Gasteiger partial charge in [-0.25, -0.2) is 4.79 Å². The van der Waals surface area contributed by atoms with Crippen LogP contribution in [0.1, 0.15) is 52.4 Å². The number of hydrogen-bond acceptors (Lipinski definition) is 4. The molecular formula is C21H28O4. The summed E-state index contributed by atoms with van der Waals surface area (Å²) in [6, 6.07) is 0. The fourth-order valence-electron chi connectivity index (χ4n) is 6.20. The van der Waals surface area contributed by atoms with Crippen LogP contribution in [0.4, 0.5) is 0 Å². The lowest BCUT2D eigenvalue weighted by atomic mass is 9.47. The van der Waals surface area contributed by atoms with Gasteiger partial charge in [0.2, 0.25) is 0 Å². The van der Waals surface area contributed by atoms with Gasteiger partial charge in [-0.1, -0.05) is 20.4 Å². The van der Waals surface area contributed by atoms with Crippen molar-refractivity contribution in [1.29, 1.82) is 0 Å². The summed E-state index contributed by atoms with van der Waals surface area (Å²) in [4.78, 5) is 24.0. The summed E-state index contributed by atoms with van der Waals surface area (Å²) in [6.07, 6.45) is 9.58. The summed E-state index contributed by atoms with van der Waals surface area (Å²) >= 11 is 0. The van der Waals surface area contributed by atoms with E-state index in [1.54, 1.807) is 6.08 Å². The molecule has 0 aromatic rings. The molecule has 4 saturated carbocycles. The summed E-state index contributed by atoms with van der Waals surface area (Å²) < 4.78 is 11.4. The number of carbonyl (C=O) groups excluding carboxylic acids is 2. The van der Waals surface area contributed by atoms with E-state index in [1.165, 1.54) is 32.1 Å². The Bertz CT molecular complexity index is 602. The van der Waals surface area contributed by atoms with E-state index in [-0.39, 0.29) is 17.5 Å². The van der Waals surface area contributed by atoms with Crippen LogP contribution in [0.3, 0.4) is 0 Å². The first-order valence-electron chi connectivity index (χ1n) is 9.70. The number of ether oxygens (including phenoxy) is 2. The highest BCUT2D eigenvalue weighted by molar-refractivity contribution is 5.83. The predicted octanol–water partition coefficient (Wildman–Crippen LogP) is 4.01. The number of hydrogen-bond donors (Lipinski definition) is 0. The van der Waals surface area contributed by atoms with Gasteiger partial charge in [0.25, 0.3) is 0 Å². The van der Waals surface area contributed by atoms with Gasteiger partial charge in [-0.05, 0) is 67.8 Å². The van der Waals surface area contributed by atoms with E-state index in [0.717, 1.165) is 17.9 Å². The van der Waals surface area contributed by atoms with Crippen molar-refractivity contribution in [2.24, 2.45) is 35.5 Å². The normalized spacial score (nSPS) is 41.1. The SMILES string of the molecule is C=CC(=O)OC1=CC(C(=O)OC2(C(C)C)C3CC4CC(C3)CC2C4)C1. The van der Waals surface area contributed by atoms with Crippen molar-refractivity contribution in [3.05, 3.63) is 24.5 Å². The highest BCUT2D eigenvalue weighted by atomic mass is 16.6. The largest absolute Gasteiger partial charge is 0.458 e. The zero-order chi connectivity index (χ0) is 17.8. The van der Waals surface area contributed by atoms with Crippen molar-refractivity contribution >= 4 is 11.9 Å². The average Bonchev–Trinajstić information content (AvgIpc) is 2.52. The van der Waals surface area contributed by atoms with Crippen LogP contribution in [0.2, 0.25) is 0 Å². The minimum Gasteiger partial charge on any atom is -0.458 e. The second kappa shape index (κ2) is 6.00. The summed E-state index contributed by atoms with van der Waals surface area (Å²) in [7, 11) is 0. The molecule has 4 heteroatoms.